The van der Waals surface area contributed by atoms with E-state index in [1.165, 1.54) is 5.56 Å². The van der Waals surface area contributed by atoms with Gasteiger partial charge in [-0.1, -0.05) is 68.4 Å². The van der Waals surface area contributed by atoms with Crippen LogP contribution in [0.25, 0.3) is 0 Å². The average molecular weight is 254 g/mol. The van der Waals surface area contributed by atoms with Crippen molar-refractivity contribution >= 4 is 6.29 Å². The van der Waals surface area contributed by atoms with Crippen molar-refractivity contribution < 1.29 is 9.90 Å². The third-order valence-electron chi connectivity index (χ3n) is 3.40. The first kappa shape index (κ1) is 13.5. The van der Waals surface area contributed by atoms with E-state index in [2.05, 4.69) is 13.8 Å². The van der Waals surface area contributed by atoms with Gasteiger partial charge >= 0.3 is 0 Å². The van der Waals surface area contributed by atoms with Gasteiger partial charge in [-0.25, -0.2) is 0 Å². The van der Waals surface area contributed by atoms with Gasteiger partial charge in [0, 0.05) is 0 Å². The SMILES string of the molecule is CC(C)c1ccc(C(O)(C=O)c2ccccc2)cc1. The van der Waals surface area contributed by atoms with Crippen molar-refractivity contribution in [2.75, 3.05) is 0 Å². The first-order valence-electron chi connectivity index (χ1n) is 6.42. The van der Waals surface area contributed by atoms with Gasteiger partial charge in [-0.05, 0) is 22.6 Å². The highest BCUT2D eigenvalue weighted by Gasteiger charge is 2.30. The Morgan fingerprint density at radius 1 is 0.947 bits per heavy atom. The van der Waals surface area contributed by atoms with E-state index in [1.807, 2.05) is 42.5 Å². The summed E-state index contributed by atoms with van der Waals surface area (Å²) in [5, 5.41) is 10.6. The number of aldehydes is 1. The summed E-state index contributed by atoms with van der Waals surface area (Å²) in [5.41, 5.74) is 0.794. The van der Waals surface area contributed by atoms with Gasteiger partial charge in [-0.3, -0.25) is 4.79 Å². The maximum Gasteiger partial charge on any atom is 0.170 e. The fourth-order valence-corrected chi connectivity index (χ4v) is 2.12. The molecule has 1 atom stereocenters. The molecule has 0 aliphatic rings. The Bertz CT molecular complexity index is 543. The molecule has 0 saturated carbocycles. The van der Waals surface area contributed by atoms with E-state index < -0.39 is 5.60 Å². The van der Waals surface area contributed by atoms with Crippen LogP contribution in [0.2, 0.25) is 0 Å². The number of hydrogen-bond acceptors (Lipinski definition) is 2. The van der Waals surface area contributed by atoms with Crippen LogP contribution < -0.4 is 0 Å². The molecule has 0 aromatic heterocycles. The topological polar surface area (TPSA) is 37.3 Å². The van der Waals surface area contributed by atoms with Crippen molar-refractivity contribution in [3.8, 4) is 0 Å². The average Bonchev–Trinajstić information content (AvgIpc) is 2.47. The molecule has 2 nitrogen and oxygen atoms in total. The van der Waals surface area contributed by atoms with E-state index in [-0.39, 0.29) is 0 Å². The van der Waals surface area contributed by atoms with E-state index in [1.54, 1.807) is 12.1 Å². The molecule has 0 aliphatic carbocycles. The molecule has 1 unspecified atom stereocenters. The van der Waals surface area contributed by atoms with Crippen LogP contribution in [0.15, 0.2) is 54.6 Å². The molecular formula is C17H18O2. The summed E-state index contributed by atoms with van der Waals surface area (Å²) < 4.78 is 0. The van der Waals surface area contributed by atoms with Gasteiger partial charge in [-0.15, -0.1) is 0 Å². The number of rotatable bonds is 4. The Morgan fingerprint density at radius 2 is 1.47 bits per heavy atom. The number of hydrogen-bond donors (Lipinski definition) is 1. The van der Waals surface area contributed by atoms with Crippen LogP contribution in [-0.4, -0.2) is 11.4 Å². The lowest BCUT2D eigenvalue weighted by Crippen LogP contribution is -2.28. The minimum Gasteiger partial charge on any atom is -0.373 e. The molecule has 0 bridgehead atoms. The number of carbonyl (C=O) groups excluding carboxylic acids is 1. The third kappa shape index (κ3) is 2.59. The molecule has 2 rings (SSSR count). The van der Waals surface area contributed by atoms with Gasteiger partial charge in [0.05, 0.1) is 0 Å². The maximum absolute atomic E-state index is 11.4. The summed E-state index contributed by atoms with van der Waals surface area (Å²) in [7, 11) is 0. The zero-order valence-corrected chi connectivity index (χ0v) is 11.2. The van der Waals surface area contributed by atoms with Crippen molar-refractivity contribution in [2.24, 2.45) is 0 Å². The van der Waals surface area contributed by atoms with Crippen LogP contribution in [0, 0.1) is 0 Å². The highest BCUT2D eigenvalue weighted by molar-refractivity contribution is 5.72. The molecule has 2 aromatic rings. The fraction of sp³-hybridized carbons (Fsp3) is 0.235. The van der Waals surface area contributed by atoms with E-state index >= 15 is 0 Å². The van der Waals surface area contributed by atoms with Crippen LogP contribution in [0.3, 0.4) is 0 Å². The van der Waals surface area contributed by atoms with Gasteiger partial charge in [0.25, 0.3) is 0 Å². The quantitative estimate of drug-likeness (QED) is 0.850. The molecule has 2 heteroatoms. The summed E-state index contributed by atoms with van der Waals surface area (Å²) in [6.45, 7) is 4.22. The summed E-state index contributed by atoms with van der Waals surface area (Å²) in [6, 6.07) is 16.5. The molecule has 0 saturated heterocycles. The molecule has 0 fully saturated rings. The van der Waals surface area contributed by atoms with Crippen LogP contribution in [0.1, 0.15) is 36.5 Å². The lowest BCUT2D eigenvalue weighted by atomic mass is 9.86. The second-order valence-corrected chi connectivity index (χ2v) is 5.03. The van der Waals surface area contributed by atoms with Crippen molar-refractivity contribution in [3.05, 3.63) is 71.3 Å². The lowest BCUT2D eigenvalue weighted by Gasteiger charge is -2.23. The first-order chi connectivity index (χ1) is 9.08. The second kappa shape index (κ2) is 5.37. The predicted octanol–water partition coefficient (Wildman–Crippen LogP) is 3.24. The van der Waals surface area contributed by atoms with Crippen LogP contribution in [0.5, 0.6) is 0 Å². The number of carbonyl (C=O) groups is 1. The third-order valence-corrected chi connectivity index (χ3v) is 3.40. The van der Waals surface area contributed by atoms with Crippen molar-refractivity contribution in [1.29, 1.82) is 0 Å². The summed E-state index contributed by atoms with van der Waals surface area (Å²) in [5.74, 6) is 0.426. The van der Waals surface area contributed by atoms with E-state index in [0.717, 1.165) is 0 Å². The van der Waals surface area contributed by atoms with Crippen LogP contribution >= 0.6 is 0 Å². The van der Waals surface area contributed by atoms with Gasteiger partial charge < -0.3 is 5.11 Å². The monoisotopic (exact) mass is 254 g/mol. The molecule has 0 heterocycles. The van der Waals surface area contributed by atoms with Gasteiger partial charge in [-0.2, -0.15) is 0 Å². The molecule has 2 aromatic carbocycles. The fourth-order valence-electron chi connectivity index (χ4n) is 2.12. The zero-order chi connectivity index (χ0) is 13.9. The van der Waals surface area contributed by atoms with Crippen molar-refractivity contribution in [2.45, 2.75) is 25.4 Å². The maximum atomic E-state index is 11.4. The van der Waals surface area contributed by atoms with Gasteiger partial charge in [0.1, 0.15) is 0 Å². The van der Waals surface area contributed by atoms with E-state index in [4.69, 9.17) is 0 Å². The molecule has 0 amide bonds. The zero-order valence-electron chi connectivity index (χ0n) is 11.2. The molecule has 0 aliphatic heterocycles. The molecular weight excluding hydrogens is 236 g/mol. The van der Waals surface area contributed by atoms with Gasteiger partial charge in [0.2, 0.25) is 0 Å². The highest BCUT2D eigenvalue weighted by Crippen LogP contribution is 2.28. The standard InChI is InChI=1S/C17H18O2/c1-13(2)14-8-10-16(11-9-14)17(19,12-18)15-6-4-3-5-7-15/h3-13,19H,1-2H3. The second-order valence-electron chi connectivity index (χ2n) is 5.03. The summed E-state index contributed by atoms with van der Waals surface area (Å²) in [4.78, 5) is 11.4. The first-order valence-corrected chi connectivity index (χ1v) is 6.42. The molecule has 0 radical (unpaired) electrons. The van der Waals surface area contributed by atoms with Crippen molar-refractivity contribution in [1.82, 2.24) is 0 Å². The van der Waals surface area contributed by atoms with Gasteiger partial charge in [0.15, 0.2) is 11.9 Å². The summed E-state index contributed by atoms with van der Waals surface area (Å²) in [6.07, 6.45) is 0.590. The molecule has 98 valence electrons. The normalized spacial score (nSPS) is 14.1. The highest BCUT2D eigenvalue weighted by atomic mass is 16.3. The Balaban J connectivity index is 2.44. The minimum atomic E-state index is -1.57. The van der Waals surface area contributed by atoms with E-state index in [0.29, 0.717) is 23.3 Å². The Labute approximate surface area is 113 Å². The Hall–Kier alpha value is -1.93. The smallest absolute Gasteiger partial charge is 0.170 e. The predicted molar refractivity (Wildman–Crippen MR) is 76.0 cm³/mol. The molecule has 0 spiro atoms. The lowest BCUT2D eigenvalue weighted by molar-refractivity contribution is -0.121. The van der Waals surface area contributed by atoms with Crippen LogP contribution in [-0.2, 0) is 10.4 Å². The van der Waals surface area contributed by atoms with E-state index in [9.17, 15) is 9.90 Å². The largest absolute Gasteiger partial charge is 0.373 e. The number of benzene rings is 2. The summed E-state index contributed by atoms with van der Waals surface area (Å²) >= 11 is 0. The van der Waals surface area contributed by atoms with Crippen LogP contribution in [0.4, 0.5) is 0 Å². The minimum absolute atomic E-state index is 0.426. The Morgan fingerprint density at radius 3 is 1.95 bits per heavy atom. The van der Waals surface area contributed by atoms with Crippen molar-refractivity contribution in [3.63, 3.8) is 0 Å². The number of aliphatic hydroxyl groups is 1. The Kier molecular flexibility index (Phi) is 3.82. The molecule has 1 N–H and O–H groups in total. The molecule has 19 heavy (non-hydrogen) atoms.